The molecule has 9 nitrogen and oxygen atoms in total. The summed E-state index contributed by atoms with van der Waals surface area (Å²) in [5.41, 5.74) is 6.28. The summed E-state index contributed by atoms with van der Waals surface area (Å²) in [6, 6.07) is 5.34. The van der Waals surface area contributed by atoms with Crippen molar-refractivity contribution in [2.75, 3.05) is 6.54 Å². The van der Waals surface area contributed by atoms with Crippen molar-refractivity contribution in [3.63, 3.8) is 0 Å². The van der Waals surface area contributed by atoms with Gasteiger partial charge in [-0.2, -0.15) is 0 Å². The van der Waals surface area contributed by atoms with Crippen LogP contribution >= 0.6 is 0 Å². The molecule has 0 heterocycles. The van der Waals surface area contributed by atoms with E-state index in [1.807, 2.05) is 45.0 Å². The van der Waals surface area contributed by atoms with Gasteiger partial charge in [0.15, 0.2) is 0 Å². The van der Waals surface area contributed by atoms with Gasteiger partial charge in [0.2, 0.25) is 17.7 Å². The quantitative estimate of drug-likeness (QED) is 0.319. The molecule has 0 bridgehead atoms. The van der Waals surface area contributed by atoms with Gasteiger partial charge in [0, 0.05) is 19.0 Å². The maximum atomic E-state index is 14.0. The number of benzene rings is 1. The number of unbranched alkanes of at least 4 members (excludes halogenated alkanes) is 3. The normalized spacial score (nSPS) is 13.0. The lowest BCUT2D eigenvalue weighted by molar-refractivity contribution is -0.143. The van der Waals surface area contributed by atoms with Crippen LogP contribution in [0, 0.1) is 6.92 Å². The minimum absolute atomic E-state index is 0.00864. The van der Waals surface area contributed by atoms with Crippen molar-refractivity contribution < 1.29 is 23.9 Å². The molecule has 1 rings (SSSR count). The molecule has 1 aromatic rings. The van der Waals surface area contributed by atoms with Crippen LogP contribution in [0.15, 0.2) is 24.3 Å². The summed E-state index contributed by atoms with van der Waals surface area (Å²) < 4.78 is 5.36. The minimum Gasteiger partial charge on any atom is -0.444 e. The molecule has 0 aromatic heterocycles. The van der Waals surface area contributed by atoms with Gasteiger partial charge < -0.3 is 26.0 Å². The molecule has 9 heteroatoms. The Bertz CT molecular complexity index is 893. The average Bonchev–Trinajstić information content (AvgIpc) is 2.77. The Hall–Kier alpha value is -3.10. The van der Waals surface area contributed by atoms with Gasteiger partial charge in [-0.15, -0.1) is 0 Å². The first-order chi connectivity index (χ1) is 17.2. The predicted molar refractivity (Wildman–Crippen MR) is 145 cm³/mol. The van der Waals surface area contributed by atoms with E-state index in [0.29, 0.717) is 18.5 Å². The zero-order valence-electron chi connectivity index (χ0n) is 23.6. The number of hydrogen-bond acceptors (Lipinski definition) is 5. The number of primary amides is 1. The number of ether oxygens (including phenoxy) is 1. The number of amides is 4. The van der Waals surface area contributed by atoms with Crippen LogP contribution in [-0.4, -0.2) is 52.9 Å². The Morgan fingerprint density at radius 3 is 2.14 bits per heavy atom. The SMILES string of the molecule is CCCCCCN(C(=O)C(CCC(N)=O)NC(=O)OC(C)(C)C)C(C(=O)NC(C)C)c1ccc(C)cc1. The highest BCUT2D eigenvalue weighted by Gasteiger charge is 2.36. The molecule has 1 aromatic carbocycles. The summed E-state index contributed by atoms with van der Waals surface area (Å²) >= 11 is 0. The molecular weight excluding hydrogens is 472 g/mol. The molecule has 0 fully saturated rings. The van der Waals surface area contributed by atoms with E-state index >= 15 is 0 Å². The number of nitrogens with two attached hydrogens (primary N) is 1. The first-order valence-corrected chi connectivity index (χ1v) is 13.2. The summed E-state index contributed by atoms with van der Waals surface area (Å²) in [4.78, 5) is 53.2. The van der Waals surface area contributed by atoms with Crippen molar-refractivity contribution >= 4 is 23.8 Å². The second kappa shape index (κ2) is 15.2. The smallest absolute Gasteiger partial charge is 0.408 e. The number of alkyl carbamates (subject to hydrolysis) is 1. The monoisotopic (exact) mass is 518 g/mol. The fraction of sp³-hybridized carbons (Fsp3) is 0.643. The van der Waals surface area contributed by atoms with E-state index in [1.165, 1.54) is 4.90 Å². The Kier molecular flexibility index (Phi) is 13.1. The number of nitrogens with zero attached hydrogens (tertiary/aromatic N) is 1. The van der Waals surface area contributed by atoms with Crippen molar-refractivity contribution in [1.82, 2.24) is 15.5 Å². The van der Waals surface area contributed by atoms with E-state index in [-0.39, 0.29) is 24.8 Å². The van der Waals surface area contributed by atoms with Gasteiger partial charge in [0.05, 0.1) is 0 Å². The van der Waals surface area contributed by atoms with Crippen molar-refractivity contribution in [2.45, 2.75) is 111 Å². The Morgan fingerprint density at radius 2 is 1.62 bits per heavy atom. The maximum Gasteiger partial charge on any atom is 0.408 e. The van der Waals surface area contributed by atoms with E-state index in [4.69, 9.17) is 10.5 Å². The van der Waals surface area contributed by atoms with Crippen LogP contribution in [0.25, 0.3) is 0 Å². The summed E-state index contributed by atoms with van der Waals surface area (Å²) in [6.07, 6.45) is 2.69. The molecule has 0 aliphatic carbocycles. The molecular formula is C28H46N4O5. The molecule has 0 saturated heterocycles. The van der Waals surface area contributed by atoms with Gasteiger partial charge in [0.25, 0.3) is 0 Å². The summed E-state index contributed by atoms with van der Waals surface area (Å²) in [5.74, 6) is -1.37. The van der Waals surface area contributed by atoms with E-state index in [2.05, 4.69) is 17.6 Å². The predicted octanol–water partition coefficient (Wildman–Crippen LogP) is 4.13. The third-order valence-corrected chi connectivity index (χ3v) is 5.59. The molecule has 208 valence electrons. The van der Waals surface area contributed by atoms with Gasteiger partial charge in [-0.05, 0) is 59.9 Å². The van der Waals surface area contributed by atoms with Gasteiger partial charge in [-0.25, -0.2) is 4.79 Å². The molecule has 4 N–H and O–H groups in total. The lowest BCUT2D eigenvalue weighted by Gasteiger charge is -2.35. The fourth-order valence-corrected chi connectivity index (χ4v) is 3.85. The molecule has 0 aliphatic heterocycles. The van der Waals surface area contributed by atoms with E-state index in [1.54, 1.807) is 20.8 Å². The minimum atomic E-state index is -1.09. The fourth-order valence-electron chi connectivity index (χ4n) is 3.85. The van der Waals surface area contributed by atoms with Gasteiger partial charge in [0.1, 0.15) is 17.7 Å². The number of rotatable bonds is 14. The molecule has 0 radical (unpaired) electrons. The summed E-state index contributed by atoms with van der Waals surface area (Å²) in [6.45, 7) is 13.2. The highest BCUT2D eigenvalue weighted by atomic mass is 16.6. The highest BCUT2D eigenvalue weighted by Crippen LogP contribution is 2.25. The van der Waals surface area contributed by atoms with Crippen LogP contribution in [-0.2, 0) is 19.1 Å². The standard InChI is InChI=1S/C28H46N4O5/c1-8-9-10-11-18-32(24(25(34)30-19(2)3)21-14-12-20(4)13-15-21)26(35)22(16-17-23(29)33)31-27(36)37-28(5,6)7/h12-15,19,22,24H,8-11,16-18H2,1-7H3,(H2,29,33)(H,30,34)(H,31,36). The van der Waals surface area contributed by atoms with Crippen molar-refractivity contribution in [3.8, 4) is 0 Å². The zero-order valence-corrected chi connectivity index (χ0v) is 23.6. The first kappa shape index (κ1) is 31.9. The molecule has 37 heavy (non-hydrogen) atoms. The molecule has 2 atom stereocenters. The second-order valence-electron chi connectivity index (χ2n) is 10.8. The summed E-state index contributed by atoms with van der Waals surface area (Å²) in [7, 11) is 0. The zero-order chi connectivity index (χ0) is 28.2. The van der Waals surface area contributed by atoms with Crippen molar-refractivity contribution in [1.29, 1.82) is 0 Å². The van der Waals surface area contributed by atoms with E-state index in [9.17, 15) is 19.2 Å². The van der Waals surface area contributed by atoms with E-state index in [0.717, 1.165) is 24.8 Å². The third-order valence-electron chi connectivity index (χ3n) is 5.59. The van der Waals surface area contributed by atoms with Crippen LogP contribution in [0.3, 0.4) is 0 Å². The molecule has 2 unspecified atom stereocenters. The van der Waals surface area contributed by atoms with Gasteiger partial charge in [-0.3, -0.25) is 14.4 Å². The van der Waals surface area contributed by atoms with Crippen LogP contribution in [0.5, 0.6) is 0 Å². The third kappa shape index (κ3) is 12.1. The Balaban J connectivity index is 3.46. The topological polar surface area (TPSA) is 131 Å². The lowest BCUT2D eigenvalue weighted by atomic mass is 9.99. The number of carbonyl (C=O) groups is 4. The molecule has 4 amide bonds. The van der Waals surface area contributed by atoms with Crippen molar-refractivity contribution in [3.05, 3.63) is 35.4 Å². The molecule has 0 saturated carbocycles. The lowest BCUT2D eigenvalue weighted by Crippen LogP contribution is -2.54. The second-order valence-corrected chi connectivity index (χ2v) is 10.8. The Morgan fingerprint density at radius 1 is 1.00 bits per heavy atom. The van der Waals surface area contributed by atoms with E-state index < -0.39 is 35.6 Å². The number of aryl methyl sites for hydroxylation is 1. The Labute approximate surface area is 221 Å². The number of hydrogen-bond donors (Lipinski definition) is 3. The number of carbonyl (C=O) groups excluding carboxylic acids is 4. The van der Waals surface area contributed by atoms with Crippen LogP contribution in [0.2, 0.25) is 0 Å². The molecule has 0 aliphatic rings. The largest absolute Gasteiger partial charge is 0.444 e. The van der Waals surface area contributed by atoms with Crippen LogP contribution in [0.1, 0.15) is 97.2 Å². The van der Waals surface area contributed by atoms with Crippen LogP contribution in [0.4, 0.5) is 4.79 Å². The molecule has 0 spiro atoms. The first-order valence-electron chi connectivity index (χ1n) is 13.2. The van der Waals surface area contributed by atoms with Crippen LogP contribution < -0.4 is 16.4 Å². The van der Waals surface area contributed by atoms with Crippen molar-refractivity contribution in [2.24, 2.45) is 5.73 Å². The highest BCUT2D eigenvalue weighted by molar-refractivity contribution is 5.92. The number of nitrogens with one attached hydrogen (secondary N) is 2. The summed E-state index contributed by atoms with van der Waals surface area (Å²) in [5, 5.41) is 5.55. The maximum absolute atomic E-state index is 14.0. The van der Waals surface area contributed by atoms with Gasteiger partial charge in [-0.1, -0.05) is 56.0 Å². The van der Waals surface area contributed by atoms with Gasteiger partial charge >= 0.3 is 6.09 Å². The average molecular weight is 519 g/mol.